The lowest BCUT2D eigenvalue weighted by Gasteiger charge is -2.50. The molecule has 0 N–H and O–H groups in total. The lowest BCUT2D eigenvalue weighted by atomic mass is 9.52. The fourth-order valence-corrected chi connectivity index (χ4v) is 4.75. The number of halogens is 1. The van der Waals surface area contributed by atoms with Crippen LogP contribution in [0.4, 0.5) is 0 Å². The molecule has 2 aliphatic rings. The molecule has 23 heavy (non-hydrogen) atoms. The van der Waals surface area contributed by atoms with E-state index in [4.69, 9.17) is 9.47 Å². The number of rotatable bonds is 3. The molecule has 4 rings (SSSR count). The first-order chi connectivity index (χ1) is 11.2. The van der Waals surface area contributed by atoms with Gasteiger partial charge in [-0.2, -0.15) is 0 Å². The molecular formula is C20H21BrO2. The Morgan fingerprint density at radius 1 is 0.957 bits per heavy atom. The molecule has 2 aromatic carbocycles. The van der Waals surface area contributed by atoms with Gasteiger partial charge in [-0.05, 0) is 66.0 Å². The lowest BCUT2D eigenvalue weighted by Crippen LogP contribution is -2.44. The Bertz CT molecular complexity index is 680. The van der Waals surface area contributed by atoms with E-state index in [1.54, 1.807) is 7.11 Å². The maximum Gasteiger partial charge on any atom is 0.118 e. The van der Waals surface area contributed by atoms with Gasteiger partial charge in [0.2, 0.25) is 0 Å². The predicted octanol–water partition coefficient (Wildman–Crippen LogP) is 4.99. The molecule has 0 aromatic heterocycles. The van der Waals surface area contributed by atoms with E-state index in [1.807, 2.05) is 0 Å². The van der Waals surface area contributed by atoms with Crippen LogP contribution in [0.5, 0.6) is 5.75 Å². The van der Waals surface area contributed by atoms with E-state index in [0.29, 0.717) is 29.8 Å². The van der Waals surface area contributed by atoms with Crippen molar-refractivity contribution in [3.63, 3.8) is 0 Å². The highest BCUT2D eigenvalue weighted by Crippen LogP contribution is 2.62. The van der Waals surface area contributed by atoms with Gasteiger partial charge in [-0.15, -0.1) is 0 Å². The fraction of sp³-hybridized carbons (Fsp3) is 0.400. The van der Waals surface area contributed by atoms with Crippen molar-refractivity contribution in [1.82, 2.24) is 0 Å². The number of hydrogen-bond acceptors (Lipinski definition) is 2. The van der Waals surface area contributed by atoms with Crippen LogP contribution >= 0.6 is 15.9 Å². The Morgan fingerprint density at radius 2 is 1.57 bits per heavy atom. The van der Waals surface area contributed by atoms with Crippen molar-refractivity contribution >= 4 is 15.9 Å². The average molecular weight is 373 g/mol. The van der Waals surface area contributed by atoms with Gasteiger partial charge in [-0.25, -0.2) is 0 Å². The second kappa shape index (κ2) is 5.95. The smallest absolute Gasteiger partial charge is 0.118 e. The first-order valence-corrected chi connectivity index (χ1v) is 8.99. The van der Waals surface area contributed by atoms with E-state index in [-0.39, 0.29) is 0 Å². The standard InChI is InChI=1S/C20H21BrO2/c1-12-18-17(11-23-12)19(13-5-9-16(22-2)10-6-13)20(18)14-3-7-15(21)8-4-14/h3-10,12,17-20H,11H2,1-2H3/t12-,17-,18-,19-,20-/m1/s1. The molecule has 0 spiro atoms. The predicted molar refractivity (Wildman–Crippen MR) is 95.0 cm³/mol. The molecule has 2 fully saturated rings. The molecule has 0 bridgehead atoms. The highest BCUT2D eigenvalue weighted by atomic mass is 79.9. The number of benzene rings is 2. The number of ether oxygens (including phenoxy) is 2. The molecule has 120 valence electrons. The molecule has 5 atom stereocenters. The Labute approximate surface area is 145 Å². The van der Waals surface area contributed by atoms with Crippen LogP contribution in [-0.2, 0) is 4.74 Å². The van der Waals surface area contributed by atoms with Crippen molar-refractivity contribution in [3.8, 4) is 5.75 Å². The molecule has 0 radical (unpaired) electrons. The summed E-state index contributed by atoms with van der Waals surface area (Å²) < 4.78 is 12.4. The molecular weight excluding hydrogens is 352 g/mol. The van der Waals surface area contributed by atoms with E-state index in [1.165, 1.54) is 11.1 Å². The minimum atomic E-state index is 0.350. The molecule has 1 aliphatic carbocycles. The van der Waals surface area contributed by atoms with Crippen molar-refractivity contribution < 1.29 is 9.47 Å². The van der Waals surface area contributed by atoms with E-state index < -0.39 is 0 Å². The molecule has 2 aromatic rings. The monoisotopic (exact) mass is 372 g/mol. The normalized spacial score (nSPS) is 32.2. The topological polar surface area (TPSA) is 18.5 Å². The van der Waals surface area contributed by atoms with Crippen molar-refractivity contribution in [1.29, 1.82) is 0 Å². The van der Waals surface area contributed by atoms with Crippen molar-refractivity contribution in [3.05, 3.63) is 64.1 Å². The average Bonchev–Trinajstić information content (AvgIpc) is 2.86. The summed E-state index contributed by atoms with van der Waals surface area (Å²) in [5, 5.41) is 0. The molecule has 1 saturated carbocycles. The summed E-state index contributed by atoms with van der Waals surface area (Å²) in [5.41, 5.74) is 2.82. The number of methoxy groups -OCH3 is 1. The van der Waals surface area contributed by atoms with Gasteiger partial charge in [0.15, 0.2) is 0 Å². The van der Waals surface area contributed by atoms with Crippen LogP contribution in [0.2, 0.25) is 0 Å². The molecule has 2 nitrogen and oxygen atoms in total. The second-order valence-electron chi connectivity index (χ2n) is 6.66. The summed E-state index contributed by atoms with van der Waals surface area (Å²) in [6, 6.07) is 17.4. The summed E-state index contributed by atoms with van der Waals surface area (Å²) in [6.07, 6.45) is 0.350. The third-order valence-electron chi connectivity index (χ3n) is 5.61. The van der Waals surface area contributed by atoms with Gasteiger partial charge < -0.3 is 9.47 Å². The highest BCUT2D eigenvalue weighted by molar-refractivity contribution is 9.10. The van der Waals surface area contributed by atoms with Gasteiger partial charge in [0.1, 0.15) is 5.75 Å². The highest BCUT2D eigenvalue weighted by Gasteiger charge is 2.57. The zero-order valence-electron chi connectivity index (χ0n) is 13.4. The number of hydrogen-bond donors (Lipinski definition) is 0. The second-order valence-corrected chi connectivity index (χ2v) is 7.57. The third-order valence-corrected chi connectivity index (χ3v) is 6.14. The first-order valence-electron chi connectivity index (χ1n) is 8.20. The maximum atomic E-state index is 5.98. The largest absolute Gasteiger partial charge is 0.497 e. The Morgan fingerprint density at radius 3 is 2.22 bits per heavy atom. The van der Waals surface area contributed by atoms with Gasteiger partial charge in [-0.3, -0.25) is 0 Å². The minimum absolute atomic E-state index is 0.350. The zero-order valence-corrected chi connectivity index (χ0v) is 15.0. The van der Waals surface area contributed by atoms with Crippen LogP contribution in [0, 0.1) is 11.8 Å². The van der Waals surface area contributed by atoms with Gasteiger partial charge in [-0.1, -0.05) is 40.2 Å². The van der Waals surface area contributed by atoms with Crippen LogP contribution in [-0.4, -0.2) is 19.8 Å². The minimum Gasteiger partial charge on any atom is -0.497 e. The summed E-state index contributed by atoms with van der Waals surface area (Å²) in [5.74, 6) is 3.26. The van der Waals surface area contributed by atoms with Gasteiger partial charge in [0, 0.05) is 4.47 Å². The lowest BCUT2D eigenvalue weighted by molar-refractivity contribution is 0.0863. The van der Waals surface area contributed by atoms with Crippen LogP contribution in [0.1, 0.15) is 29.9 Å². The molecule has 0 amide bonds. The van der Waals surface area contributed by atoms with Crippen LogP contribution < -0.4 is 4.74 Å². The molecule has 3 heteroatoms. The van der Waals surface area contributed by atoms with Crippen molar-refractivity contribution in [2.24, 2.45) is 11.8 Å². The summed E-state index contributed by atoms with van der Waals surface area (Å²) in [6.45, 7) is 3.11. The Balaban J connectivity index is 1.69. The molecule has 1 saturated heterocycles. The van der Waals surface area contributed by atoms with E-state index in [2.05, 4.69) is 71.4 Å². The molecule has 1 heterocycles. The van der Waals surface area contributed by atoms with E-state index in [0.717, 1.165) is 16.8 Å². The van der Waals surface area contributed by atoms with E-state index in [9.17, 15) is 0 Å². The molecule has 0 unspecified atom stereocenters. The summed E-state index contributed by atoms with van der Waals surface area (Å²) in [7, 11) is 1.71. The fourth-order valence-electron chi connectivity index (χ4n) is 4.49. The van der Waals surface area contributed by atoms with Crippen LogP contribution in [0.25, 0.3) is 0 Å². The van der Waals surface area contributed by atoms with E-state index >= 15 is 0 Å². The van der Waals surface area contributed by atoms with Gasteiger partial charge in [0.25, 0.3) is 0 Å². The first kappa shape index (κ1) is 15.2. The number of fused-ring (bicyclic) bond motifs is 1. The van der Waals surface area contributed by atoms with Crippen molar-refractivity contribution in [2.75, 3.05) is 13.7 Å². The summed E-state index contributed by atoms with van der Waals surface area (Å²) >= 11 is 3.54. The Kier molecular flexibility index (Phi) is 3.94. The van der Waals surface area contributed by atoms with Crippen LogP contribution in [0.3, 0.4) is 0 Å². The Hall–Kier alpha value is -1.32. The van der Waals surface area contributed by atoms with Gasteiger partial charge in [0.05, 0.1) is 19.8 Å². The summed E-state index contributed by atoms with van der Waals surface area (Å²) in [4.78, 5) is 0. The van der Waals surface area contributed by atoms with Crippen molar-refractivity contribution in [2.45, 2.75) is 24.9 Å². The SMILES string of the molecule is COc1ccc([C@@H]2[C@@H]3CO[C@H](C)[C@H]3[C@H]2c2ccc(Br)cc2)cc1. The van der Waals surface area contributed by atoms with Gasteiger partial charge >= 0.3 is 0 Å². The molecule has 1 aliphatic heterocycles. The third kappa shape index (κ3) is 2.50. The zero-order chi connectivity index (χ0) is 16.0. The maximum absolute atomic E-state index is 5.98. The quantitative estimate of drug-likeness (QED) is 0.755. The van der Waals surface area contributed by atoms with Crippen LogP contribution in [0.15, 0.2) is 53.0 Å².